The van der Waals surface area contributed by atoms with Crippen LogP contribution < -0.4 is 31.9 Å². The summed E-state index contributed by atoms with van der Waals surface area (Å²) in [5.74, 6) is -10.6. The van der Waals surface area contributed by atoms with Gasteiger partial charge in [0.05, 0.1) is 29.7 Å². The van der Waals surface area contributed by atoms with Crippen molar-refractivity contribution in [2.24, 2.45) is 11.3 Å². The number of halogens is 3. The molecule has 67 heavy (non-hydrogen) atoms. The number of aldehydes is 1. The highest BCUT2D eigenvalue weighted by molar-refractivity contribution is 5.98. The highest BCUT2D eigenvalue weighted by Crippen LogP contribution is 2.24. The molecule has 0 aliphatic rings. The molecular formula is C44H58F3N7O13. The van der Waals surface area contributed by atoms with E-state index in [9.17, 15) is 76.6 Å². The number of alkyl halides is 3. The number of rotatable bonds is 25. The molecule has 2 unspecified atom stereocenters. The number of carboxylic acids is 2. The van der Waals surface area contributed by atoms with Gasteiger partial charge in [-0.15, -0.1) is 0 Å². The first-order chi connectivity index (χ1) is 31.0. The van der Waals surface area contributed by atoms with Crippen LogP contribution in [0.15, 0.2) is 48.5 Å². The maximum atomic E-state index is 14.3. The average Bonchev–Trinajstić information content (AvgIpc) is 3.21. The lowest BCUT2D eigenvalue weighted by Crippen LogP contribution is -2.62. The van der Waals surface area contributed by atoms with Gasteiger partial charge >= 0.3 is 18.1 Å². The summed E-state index contributed by atoms with van der Waals surface area (Å²) in [7, 11) is 0. The van der Waals surface area contributed by atoms with Crippen LogP contribution in [-0.2, 0) is 49.6 Å². The van der Waals surface area contributed by atoms with Crippen LogP contribution in [0.4, 0.5) is 18.9 Å². The van der Waals surface area contributed by atoms with Crippen molar-refractivity contribution in [3.05, 3.63) is 75.3 Å². The average molecular weight is 950 g/mol. The zero-order valence-electron chi connectivity index (χ0n) is 38.0. The van der Waals surface area contributed by atoms with Gasteiger partial charge in [0.15, 0.2) is 0 Å². The van der Waals surface area contributed by atoms with Crippen LogP contribution in [0.25, 0.3) is 0 Å². The number of non-ortho nitro benzene ring substituents is 1. The largest absolute Gasteiger partial charge is 0.481 e. The van der Waals surface area contributed by atoms with Gasteiger partial charge in [0.25, 0.3) is 5.69 Å². The van der Waals surface area contributed by atoms with Gasteiger partial charge in [-0.25, -0.2) is 0 Å². The Morgan fingerprint density at radius 2 is 1.22 bits per heavy atom. The number of nitrogens with one attached hydrogen (secondary N) is 6. The van der Waals surface area contributed by atoms with E-state index in [0.717, 1.165) is 12.1 Å². The summed E-state index contributed by atoms with van der Waals surface area (Å²) in [6.07, 6.45) is -9.21. The molecule has 0 spiro atoms. The third-order valence-electron chi connectivity index (χ3n) is 10.3. The van der Waals surface area contributed by atoms with Crippen LogP contribution in [0.5, 0.6) is 0 Å². The monoisotopic (exact) mass is 949 g/mol. The molecule has 2 aromatic carbocycles. The van der Waals surface area contributed by atoms with Gasteiger partial charge in [-0.3, -0.25) is 48.5 Å². The van der Waals surface area contributed by atoms with Crippen molar-refractivity contribution in [3.63, 3.8) is 0 Å². The van der Waals surface area contributed by atoms with E-state index < -0.39 is 132 Å². The zero-order valence-corrected chi connectivity index (χ0v) is 38.0. The molecule has 0 saturated carbocycles. The minimum absolute atomic E-state index is 0.0854. The van der Waals surface area contributed by atoms with Crippen molar-refractivity contribution in [1.29, 1.82) is 0 Å². The third-order valence-corrected chi connectivity index (χ3v) is 10.3. The third kappa shape index (κ3) is 19.2. The number of aliphatic carboxylic acids is 2. The predicted octanol–water partition coefficient (Wildman–Crippen LogP) is 2.74. The quantitative estimate of drug-likeness (QED) is 0.0404. The highest BCUT2D eigenvalue weighted by Gasteiger charge is 2.39. The lowest BCUT2D eigenvalue weighted by Gasteiger charge is -2.34. The minimum atomic E-state index is -4.80. The summed E-state index contributed by atoms with van der Waals surface area (Å²) in [5, 5.41) is 44.3. The molecule has 0 fully saturated rings. The number of hydrogen-bond acceptors (Lipinski definition) is 11. The van der Waals surface area contributed by atoms with E-state index in [1.54, 1.807) is 65.8 Å². The second kappa shape index (κ2) is 25.1. The lowest BCUT2D eigenvalue weighted by molar-refractivity contribution is -0.384. The van der Waals surface area contributed by atoms with Crippen molar-refractivity contribution < 1.29 is 71.5 Å². The number of nitro benzene ring substituents is 1. The number of amides is 6. The first-order valence-electron chi connectivity index (χ1n) is 21.1. The number of hydrogen-bond donors (Lipinski definition) is 8. The maximum Gasteiger partial charge on any atom is 0.391 e. The van der Waals surface area contributed by atoms with E-state index in [4.69, 9.17) is 0 Å². The standard InChI is InChI=1S/C44H58F3N7O13/c1-23(2)18-31(39(62)48-28(22-55)21-44(45,46)47)52-42(65)36(43(5,6)7)53-41(64)32(19-27-11-9-8-10-24(27)3)51-38(61)30(16-17-34(56)57)49-40(63)33(20-35(58)59)50-37(60)25(4)26-12-14-29(15-13-26)54(66)67/h8-15,22-23,25,28,30-33,36H,16-21H2,1-7H3,(H,48,62)(H,49,63)(H,50,60)(H,51,61)(H,52,65)(H,53,64)(H,56,57)(H,58,59)/t25?,28?,30-,31-,32-,33-,36+/m0/s1. The molecule has 6 amide bonds. The van der Waals surface area contributed by atoms with Crippen molar-refractivity contribution in [3.8, 4) is 0 Å². The molecule has 0 radical (unpaired) electrons. The van der Waals surface area contributed by atoms with Crippen LogP contribution in [0, 0.1) is 28.4 Å². The smallest absolute Gasteiger partial charge is 0.391 e. The number of nitrogens with zero attached hydrogens (tertiary/aromatic N) is 1. The number of benzene rings is 2. The van der Waals surface area contributed by atoms with E-state index in [0.29, 0.717) is 11.1 Å². The summed E-state index contributed by atoms with van der Waals surface area (Å²) >= 11 is 0. The molecule has 7 atom stereocenters. The van der Waals surface area contributed by atoms with Gasteiger partial charge in [0.2, 0.25) is 35.4 Å². The van der Waals surface area contributed by atoms with Gasteiger partial charge in [0, 0.05) is 25.0 Å². The Bertz CT molecular complexity index is 2130. The lowest BCUT2D eigenvalue weighted by atomic mass is 9.85. The molecule has 0 aromatic heterocycles. The van der Waals surface area contributed by atoms with E-state index in [1.165, 1.54) is 19.1 Å². The Kier molecular flexibility index (Phi) is 21.1. The van der Waals surface area contributed by atoms with Gasteiger partial charge < -0.3 is 46.9 Å². The fourth-order valence-corrected chi connectivity index (χ4v) is 6.61. The molecule has 0 aliphatic heterocycles. The van der Waals surface area contributed by atoms with Gasteiger partial charge in [0.1, 0.15) is 36.5 Å². The summed E-state index contributed by atoms with van der Waals surface area (Å²) in [5.41, 5.74) is 0.0453. The van der Waals surface area contributed by atoms with Crippen LogP contribution >= 0.6 is 0 Å². The van der Waals surface area contributed by atoms with E-state index in [2.05, 4.69) is 26.6 Å². The molecule has 2 rings (SSSR count). The molecular weight excluding hydrogens is 892 g/mol. The minimum Gasteiger partial charge on any atom is -0.481 e. The van der Waals surface area contributed by atoms with Gasteiger partial charge in [-0.2, -0.15) is 13.2 Å². The van der Waals surface area contributed by atoms with Crippen molar-refractivity contribution in [2.75, 3.05) is 0 Å². The van der Waals surface area contributed by atoms with Crippen LogP contribution in [0.2, 0.25) is 0 Å². The Morgan fingerprint density at radius 3 is 1.73 bits per heavy atom. The number of carbonyl (C=O) groups excluding carboxylic acids is 7. The second-order valence-corrected chi connectivity index (χ2v) is 17.5. The summed E-state index contributed by atoms with van der Waals surface area (Å²) < 4.78 is 39.2. The molecule has 0 saturated heterocycles. The predicted molar refractivity (Wildman–Crippen MR) is 233 cm³/mol. The topological polar surface area (TPSA) is 309 Å². The first-order valence-corrected chi connectivity index (χ1v) is 21.1. The Hall–Kier alpha value is -6.94. The zero-order chi connectivity index (χ0) is 51.0. The Balaban J connectivity index is 2.49. The SMILES string of the molecule is Cc1ccccc1C[C@H](NC(=O)[C@H](CCC(=O)O)NC(=O)[C@H](CC(=O)O)NC(=O)C(C)c1ccc([N+](=O)[O-])cc1)C(=O)N[C@H](C(=O)N[C@@H](CC(C)C)C(=O)NC(C=O)CC(F)(F)F)C(C)(C)C. The fraction of sp³-hybridized carbons (Fsp3) is 0.523. The normalized spacial score (nSPS) is 14.7. The summed E-state index contributed by atoms with van der Waals surface area (Å²) in [4.78, 5) is 128. The molecule has 368 valence electrons. The number of nitro groups is 1. The molecule has 2 aromatic rings. The first kappa shape index (κ1) is 56.2. The van der Waals surface area contributed by atoms with Crippen LogP contribution in [0.3, 0.4) is 0 Å². The Labute approximate surface area is 384 Å². The van der Waals surface area contributed by atoms with Crippen molar-refractivity contribution in [1.82, 2.24) is 31.9 Å². The highest BCUT2D eigenvalue weighted by atomic mass is 19.4. The fourth-order valence-electron chi connectivity index (χ4n) is 6.61. The molecule has 23 heteroatoms. The Morgan fingerprint density at radius 1 is 0.701 bits per heavy atom. The molecule has 8 N–H and O–H groups in total. The van der Waals surface area contributed by atoms with Crippen molar-refractivity contribution >= 4 is 59.4 Å². The number of carbonyl (C=O) groups is 9. The van der Waals surface area contributed by atoms with E-state index in [1.807, 2.05) is 5.32 Å². The van der Waals surface area contributed by atoms with E-state index in [-0.39, 0.29) is 36.3 Å². The summed E-state index contributed by atoms with van der Waals surface area (Å²) in [6.45, 7) is 11.1. The second-order valence-electron chi connectivity index (χ2n) is 17.5. The number of carboxylic acid groups (broad SMARTS) is 2. The van der Waals surface area contributed by atoms with Crippen LogP contribution in [-0.4, -0.2) is 111 Å². The van der Waals surface area contributed by atoms with E-state index >= 15 is 0 Å². The number of aryl methyl sites for hydroxylation is 1. The molecule has 0 aliphatic carbocycles. The van der Waals surface area contributed by atoms with Gasteiger partial charge in [-0.1, -0.05) is 71.0 Å². The molecule has 0 heterocycles. The maximum absolute atomic E-state index is 14.3. The molecule has 0 bridgehead atoms. The molecule has 20 nitrogen and oxygen atoms in total. The van der Waals surface area contributed by atoms with Crippen LogP contribution in [0.1, 0.15) is 96.3 Å². The van der Waals surface area contributed by atoms with Crippen molar-refractivity contribution in [2.45, 2.75) is 135 Å². The summed E-state index contributed by atoms with van der Waals surface area (Å²) in [6, 6.07) is 1.47. The van der Waals surface area contributed by atoms with Gasteiger partial charge in [-0.05, 0) is 54.7 Å².